The molecule has 0 rings (SSSR count). The van der Waals surface area contributed by atoms with Crippen molar-refractivity contribution in [3.8, 4) is 0 Å². The fraction of sp³-hybridized carbons (Fsp3) is 0.889. The predicted octanol–water partition coefficient (Wildman–Crippen LogP) is -0.145. The van der Waals surface area contributed by atoms with E-state index in [1.54, 1.807) is 13.2 Å². The zero-order valence-corrected chi connectivity index (χ0v) is 9.89. The molecule has 3 N–H and O–H groups in total. The Morgan fingerprint density at radius 1 is 1.50 bits per heavy atom. The third-order valence-corrected chi connectivity index (χ3v) is 2.84. The molecule has 4 nitrogen and oxygen atoms in total. The summed E-state index contributed by atoms with van der Waals surface area (Å²) in [6.07, 6.45) is 2.41. The molecule has 0 fully saturated rings. The van der Waals surface area contributed by atoms with Crippen LogP contribution in [0.5, 0.6) is 0 Å². The lowest BCUT2D eigenvalue weighted by Crippen LogP contribution is -2.39. The molecule has 0 aliphatic heterocycles. The molecular formula is C9H20N2O2S. The molecule has 0 aromatic carbocycles. The Kier molecular flexibility index (Phi) is 6.74. The van der Waals surface area contributed by atoms with Crippen molar-refractivity contribution in [2.75, 3.05) is 18.6 Å². The maximum Gasteiger partial charge on any atom is 0.224 e. The van der Waals surface area contributed by atoms with Crippen molar-refractivity contribution in [3.05, 3.63) is 0 Å². The van der Waals surface area contributed by atoms with Gasteiger partial charge in [0, 0.05) is 41.3 Å². The summed E-state index contributed by atoms with van der Waals surface area (Å²) in [5.74, 6) is 0.449. The van der Waals surface area contributed by atoms with Gasteiger partial charge in [-0.05, 0) is 13.3 Å². The van der Waals surface area contributed by atoms with Crippen LogP contribution < -0.4 is 11.1 Å². The van der Waals surface area contributed by atoms with Crippen molar-refractivity contribution < 1.29 is 9.00 Å². The lowest BCUT2D eigenvalue weighted by atomic mass is 10.1. The van der Waals surface area contributed by atoms with Crippen molar-refractivity contribution in [1.29, 1.82) is 0 Å². The van der Waals surface area contributed by atoms with E-state index in [2.05, 4.69) is 5.32 Å². The number of carbonyl (C=O) groups excluding carboxylic acids is 1. The summed E-state index contributed by atoms with van der Waals surface area (Å²) in [6.45, 7) is 4.06. The van der Waals surface area contributed by atoms with Crippen LogP contribution in [0.2, 0.25) is 0 Å². The topological polar surface area (TPSA) is 72.2 Å². The Morgan fingerprint density at radius 2 is 2.07 bits per heavy atom. The van der Waals surface area contributed by atoms with E-state index in [1.165, 1.54) is 0 Å². The number of nitrogens with one attached hydrogen (secondary N) is 1. The average Bonchev–Trinajstić information content (AvgIpc) is 2.13. The van der Waals surface area contributed by atoms with Crippen LogP contribution in [0, 0.1) is 5.92 Å². The third-order valence-electron chi connectivity index (χ3n) is 2.03. The number of amides is 1. The first-order valence-corrected chi connectivity index (χ1v) is 6.50. The molecule has 0 saturated carbocycles. The van der Waals surface area contributed by atoms with Crippen LogP contribution >= 0.6 is 0 Å². The van der Waals surface area contributed by atoms with Gasteiger partial charge in [0.05, 0.1) is 0 Å². The molecule has 3 atom stereocenters. The van der Waals surface area contributed by atoms with Gasteiger partial charge < -0.3 is 11.1 Å². The molecule has 0 aliphatic carbocycles. The van der Waals surface area contributed by atoms with Crippen LogP contribution in [0.4, 0.5) is 0 Å². The van der Waals surface area contributed by atoms with Crippen LogP contribution in [0.1, 0.15) is 20.3 Å². The van der Waals surface area contributed by atoms with Crippen LogP contribution in [0.15, 0.2) is 0 Å². The number of nitrogens with two attached hydrogens (primary N) is 1. The number of hydrogen-bond donors (Lipinski definition) is 2. The molecule has 84 valence electrons. The maximum absolute atomic E-state index is 11.4. The lowest BCUT2D eigenvalue weighted by molar-refractivity contribution is -0.124. The van der Waals surface area contributed by atoms with Crippen LogP contribution in [-0.2, 0) is 15.6 Å². The molecule has 0 radical (unpaired) electrons. The van der Waals surface area contributed by atoms with Gasteiger partial charge in [0.15, 0.2) is 0 Å². The second-order valence-electron chi connectivity index (χ2n) is 3.61. The molecule has 0 spiro atoms. The fourth-order valence-corrected chi connectivity index (χ4v) is 1.59. The van der Waals surface area contributed by atoms with Gasteiger partial charge in [0.1, 0.15) is 0 Å². The minimum Gasteiger partial charge on any atom is -0.353 e. The van der Waals surface area contributed by atoms with Crippen LogP contribution in [0.3, 0.4) is 0 Å². The Hall–Kier alpha value is -0.420. The second kappa shape index (κ2) is 6.95. The molecule has 3 unspecified atom stereocenters. The van der Waals surface area contributed by atoms with Gasteiger partial charge in [-0.15, -0.1) is 0 Å². The highest BCUT2D eigenvalue weighted by molar-refractivity contribution is 7.84. The summed E-state index contributed by atoms with van der Waals surface area (Å²) in [7, 11) is -0.789. The summed E-state index contributed by atoms with van der Waals surface area (Å²) in [4.78, 5) is 11.4. The van der Waals surface area contributed by atoms with E-state index in [0.717, 1.165) is 6.42 Å². The Labute approximate surface area is 88.1 Å². The predicted molar refractivity (Wildman–Crippen MR) is 59.4 cm³/mol. The third kappa shape index (κ3) is 6.10. The Morgan fingerprint density at radius 3 is 2.50 bits per heavy atom. The zero-order chi connectivity index (χ0) is 11.1. The van der Waals surface area contributed by atoms with Gasteiger partial charge in [-0.25, -0.2) is 0 Å². The highest BCUT2D eigenvalue weighted by Crippen LogP contribution is 1.96. The summed E-state index contributed by atoms with van der Waals surface area (Å²) in [6, 6.07) is 0.0698. The molecular weight excluding hydrogens is 200 g/mol. The molecule has 0 heterocycles. The molecule has 0 aliphatic rings. The smallest absolute Gasteiger partial charge is 0.224 e. The van der Waals surface area contributed by atoms with Crippen molar-refractivity contribution in [2.24, 2.45) is 11.7 Å². The van der Waals surface area contributed by atoms with Gasteiger partial charge in [0.25, 0.3) is 0 Å². The van der Waals surface area contributed by atoms with Gasteiger partial charge in [-0.1, -0.05) is 6.92 Å². The summed E-state index contributed by atoms with van der Waals surface area (Å²) >= 11 is 0. The van der Waals surface area contributed by atoms with E-state index in [4.69, 9.17) is 5.73 Å². The molecule has 0 aromatic rings. The monoisotopic (exact) mass is 220 g/mol. The van der Waals surface area contributed by atoms with E-state index in [9.17, 15) is 9.00 Å². The molecule has 0 saturated heterocycles. The quantitative estimate of drug-likeness (QED) is 0.654. The Balaban J connectivity index is 3.76. The SMILES string of the molecule is CC(CCS(C)=O)NC(=O)C(C)CN. The molecule has 0 aromatic heterocycles. The summed E-state index contributed by atoms with van der Waals surface area (Å²) < 4.78 is 10.8. The van der Waals surface area contributed by atoms with Crippen LogP contribution in [0.25, 0.3) is 0 Å². The number of rotatable bonds is 6. The van der Waals surface area contributed by atoms with E-state index < -0.39 is 10.8 Å². The van der Waals surface area contributed by atoms with Crippen molar-refractivity contribution in [3.63, 3.8) is 0 Å². The minimum absolute atomic E-state index is 0.0260. The van der Waals surface area contributed by atoms with Gasteiger partial charge in [0.2, 0.25) is 5.91 Å². The zero-order valence-electron chi connectivity index (χ0n) is 9.08. The van der Waals surface area contributed by atoms with E-state index in [0.29, 0.717) is 12.3 Å². The van der Waals surface area contributed by atoms with E-state index >= 15 is 0 Å². The minimum atomic E-state index is -0.789. The normalized spacial score (nSPS) is 17.1. The van der Waals surface area contributed by atoms with Gasteiger partial charge in [-0.3, -0.25) is 9.00 Å². The average molecular weight is 220 g/mol. The van der Waals surface area contributed by atoms with E-state index in [-0.39, 0.29) is 17.9 Å². The maximum atomic E-state index is 11.4. The Bertz CT molecular complexity index is 209. The van der Waals surface area contributed by atoms with Gasteiger partial charge >= 0.3 is 0 Å². The second-order valence-corrected chi connectivity index (χ2v) is 5.17. The summed E-state index contributed by atoms with van der Waals surface area (Å²) in [5, 5.41) is 2.83. The van der Waals surface area contributed by atoms with Crippen molar-refractivity contribution in [1.82, 2.24) is 5.32 Å². The van der Waals surface area contributed by atoms with Crippen LogP contribution in [-0.4, -0.2) is 34.7 Å². The molecule has 1 amide bonds. The van der Waals surface area contributed by atoms with Crippen molar-refractivity contribution in [2.45, 2.75) is 26.3 Å². The molecule has 14 heavy (non-hydrogen) atoms. The molecule has 0 bridgehead atoms. The number of hydrogen-bond acceptors (Lipinski definition) is 3. The van der Waals surface area contributed by atoms with E-state index in [1.807, 2.05) is 6.92 Å². The van der Waals surface area contributed by atoms with Gasteiger partial charge in [-0.2, -0.15) is 0 Å². The number of carbonyl (C=O) groups is 1. The largest absolute Gasteiger partial charge is 0.353 e. The first-order chi connectivity index (χ1) is 6.47. The summed E-state index contributed by atoms with van der Waals surface area (Å²) in [5.41, 5.74) is 5.36. The first kappa shape index (κ1) is 13.6. The lowest BCUT2D eigenvalue weighted by Gasteiger charge is -2.15. The molecule has 5 heteroatoms. The van der Waals surface area contributed by atoms with Crippen molar-refractivity contribution >= 4 is 16.7 Å². The highest BCUT2D eigenvalue weighted by Gasteiger charge is 2.13. The first-order valence-electron chi connectivity index (χ1n) is 4.77. The highest BCUT2D eigenvalue weighted by atomic mass is 32.2. The fourth-order valence-electron chi connectivity index (χ4n) is 0.907. The standard InChI is InChI=1S/C9H20N2O2S/c1-7(6-10)9(12)11-8(2)4-5-14(3)13/h7-8H,4-6,10H2,1-3H3,(H,11,12).